The Hall–Kier alpha value is -0.310. The van der Waals surface area contributed by atoms with Gasteiger partial charge in [-0.1, -0.05) is 73.5 Å². The van der Waals surface area contributed by atoms with Gasteiger partial charge in [0.2, 0.25) is 14.2 Å². The summed E-state index contributed by atoms with van der Waals surface area (Å²) in [4.78, 5) is 0. The zero-order valence-electron chi connectivity index (χ0n) is 8.25. The number of aromatic nitrogens is 2. The van der Waals surface area contributed by atoms with Crippen molar-refractivity contribution in [2.45, 2.75) is 7.41 Å². The second-order valence-corrected chi connectivity index (χ2v) is 10.5. The maximum absolute atomic E-state index is 11.8. The van der Waals surface area contributed by atoms with Gasteiger partial charge in [-0.15, -0.1) is 10.2 Å². The summed E-state index contributed by atoms with van der Waals surface area (Å²) in [6.07, 6.45) is 0. The molecule has 0 unspecified atom stereocenters. The van der Waals surface area contributed by atoms with Crippen molar-refractivity contribution in [2.75, 3.05) is 0 Å². The van der Waals surface area contributed by atoms with Crippen LogP contribution in [0.1, 0.15) is 0 Å². The van der Waals surface area contributed by atoms with Gasteiger partial charge in [-0.05, 0) is 0 Å². The normalized spacial score (nSPS) is 11.9. The summed E-state index contributed by atoms with van der Waals surface area (Å²) in [6, 6.07) is 9.33. The molecular formula is C9H6Br2N2O2S2. The fraction of sp³-hybridized carbons (Fsp3) is 0.111. The molecule has 90 valence electrons. The predicted octanol–water partition coefficient (Wildman–Crippen LogP) is 3.05. The predicted molar refractivity (Wildman–Crippen MR) is 74.2 cm³/mol. The molecule has 4 nitrogen and oxygen atoms in total. The van der Waals surface area contributed by atoms with Gasteiger partial charge < -0.3 is 0 Å². The summed E-state index contributed by atoms with van der Waals surface area (Å²) in [5.41, 5.74) is 0.854. The molecular weight excluding hydrogens is 392 g/mol. The van der Waals surface area contributed by atoms with E-state index in [-0.39, 0.29) is 4.34 Å². The highest BCUT2D eigenvalue weighted by Crippen LogP contribution is 2.30. The first-order valence-electron chi connectivity index (χ1n) is 4.43. The van der Waals surface area contributed by atoms with E-state index < -0.39 is 12.9 Å². The van der Waals surface area contributed by atoms with Crippen LogP contribution >= 0.6 is 43.2 Å². The number of rotatable bonds is 3. The van der Waals surface area contributed by atoms with Crippen LogP contribution in [0.2, 0.25) is 0 Å². The van der Waals surface area contributed by atoms with Gasteiger partial charge in [-0.2, -0.15) is 0 Å². The summed E-state index contributed by atoms with van der Waals surface area (Å²) >= 11 is 6.98. The van der Waals surface area contributed by atoms with E-state index in [0.29, 0.717) is 5.01 Å². The van der Waals surface area contributed by atoms with Crippen LogP contribution in [0.15, 0.2) is 34.7 Å². The van der Waals surface area contributed by atoms with Crippen LogP contribution in [-0.2, 0) is 9.84 Å². The zero-order valence-corrected chi connectivity index (χ0v) is 13.1. The van der Waals surface area contributed by atoms with Crippen molar-refractivity contribution in [3.05, 3.63) is 30.3 Å². The van der Waals surface area contributed by atoms with Gasteiger partial charge in [0, 0.05) is 5.56 Å². The largest absolute Gasteiger partial charge is 0.234 e. The topological polar surface area (TPSA) is 59.9 Å². The van der Waals surface area contributed by atoms with Crippen molar-refractivity contribution in [3.8, 4) is 10.6 Å². The molecule has 0 aliphatic heterocycles. The number of benzene rings is 1. The van der Waals surface area contributed by atoms with E-state index >= 15 is 0 Å². The van der Waals surface area contributed by atoms with Crippen LogP contribution in [0.4, 0.5) is 0 Å². The Morgan fingerprint density at radius 1 is 1.12 bits per heavy atom. The molecule has 8 heteroatoms. The fourth-order valence-electron chi connectivity index (χ4n) is 1.10. The number of hydrogen-bond donors (Lipinski definition) is 0. The molecule has 0 N–H and O–H groups in total. The van der Waals surface area contributed by atoms with E-state index in [2.05, 4.69) is 42.1 Å². The summed E-state index contributed by atoms with van der Waals surface area (Å²) in [5, 5.41) is 8.18. The number of halogens is 2. The highest BCUT2D eigenvalue weighted by molar-refractivity contribution is 9.27. The van der Waals surface area contributed by atoms with E-state index in [1.807, 2.05) is 30.3 Å². The van der Waals surface area contributed by atoms with Crippen LogP contribution < -0.4 is 0 Å². The third kappa shape index (κ3) is 2.75. The van der Waals surface area contributed by atoms with Gasteiger partial charge in [0.25, 0.3) is 0 Å². The maximum atomic E-state index is 11.8. The van der Waals surface area contributed by atoms with E-state index in [4.69, 9.17) is 0 Å². The maximum Gasteiger partial charge on any atom is 0.234 e. The Morgan fingerprint density at radius 2 is 1.76 bits per heavy atom. The molecule has 2 aromatic rings. The fourth-order valence-corrected chi connectivity index (χ4v) is 4.78. The lowest BCUT2D eigenvalue weighted by Crippen LogP contribution is -2.07. The highest BCUT2D eigenvalue weighted by Gasteiger charge is 2.27. The van der Waals surface area contributed by atoms with Crippen LogP contribution in [0.3, 0.4) is 0 Å². The average molecular weight is 398 g/mol. The zero-order chi connectivity index (χ0) is 12.5. The third-order valence-electron chi connectivity index (χ3n) is 1.91. The van der Waals surface area contributed by atoms with Crippen molar-refractivity contribution in [1.82, 2.24) is 10.2 Å². The van der Waals surface area contributed by atoms with Gasteiger partial charge in [0.05, 0.1) is 0 Å². The summed E-state index contributed by atoms with van der Waals surface area (Å²) < 4.78 is 22.7. The number of nitrogens with zero attached hydrogens (tertiary/aromatic N) is 2. The van der Waals surface area contributed by atoms with E-state index in [1.54, 1.807) is 0 Å². The molecule has 2 rings (SSSR count). The first kappa shape index (κ1) is 13.1. The molecule has 0 saturated carbocycles. The summed E-state index contributed by atoms with van der Waals surface area (Å²) in [7, 11) is -3.49. The smallest absolute Gasteiger partial charge is 0.219 e. The molecule has 0 atom stereocenters. The first-order chi connectivity index (χ1) is 8.01. The van der Waals surface area contributed by atoms with Gasteiger partial charge in [0.15, 0.2) is 3.07 Å². The third-order valence-corrected chi connectivity index (χ3v) is 7.61. The molecule has 17 heavy (non-hydrogen) atoms. The van der Waals surface area contributed by atoms with Crippen LogP contribution in [-0.4, -0.2) is 21.7 Å². The van der Waals surface area contributed by atoms with Crippen molar-refractivity contribution >= 4 is 53.0 Å². The first-order valence-corrected chi connectivity index (χ1v) is 8.62. The van der Waals surface area contributed by atoms with E-state index in [1.165, 1.54) is 0 Å². The Labute approximate surface area is 119 Å². The van der Waals surface area contributed by atoms with E-state index in [9.17, 15) is 8.42 Å². The summed E-state index contributed by atoms with van der Waals surface area (Å²) in [5.74, 6) is 0. The molecule has 0 fully saturated rings. The molecule has 0 aliphatic carbocycles. The van der Waals surface area contributed by atoms with Crippen molar-refractivity contribution < 1.29 is 8.42 Å². The monoisotopic (exact) mass is 396 g/mol. The van der Waals surface area contributed by atoms with Gasteiger partial charge in [-0.25, -0.2) is 8.42 Å². The van der Waals surface area contributed by atoms with Crippen LogP contribution in [0, 0.1) is 0 Å². The number of sulfone groups is 1. The molecule has 0 bridgehead atoms. The standard InChI is InChI=1S/C9H6Br2N2O2S2/c10-8(11)17(14,15)9-13-12-7(16-9)6-4-2-1-3-5-6/h1-5,8H. The molecule has 0 saturated heterocycles. The Morgan fingerprint density at radius 3 is 2.35 bits per heavy atom. The minimum Gasteiger partial charge on any atom is -0.219 e. The summed E-state index contributed by atoms with van der Waals surface area (Å²) in [6.45, 7) is 0. The second kappa shape index (κ2) is 5.13. The second-order valence-electron chi connectivity index (χ2n) is 3.04. The highest BCUT2D eigenvalue weighted by atomic mass is 79.9. The van der Waals surface area contributed by atoms with Gasteiger partial charge in [0.1, 0.15) is 5.01 Å². The molecule has 1 aromatic carbocycles. The Bertz CT molecular complexity index is 611. The van der Waals surface area contributed by atoms with Crippen molar-refractivity contribution in [2.24, 2.45) is 0 Å². The number of hydrogen-bond acceptors (Lipinski definition) is 5. The molecule has 0 amide bonds. The minimum atomic E-state index is -3.49. The van der Waals surface area contributed by atoms with Crippen LogP contribution in [0.25, 0.3) is 10.6 Å². The van der Waals surface area contributed by atoms with Crippen molar-refractivity contribution in [1.29, 1.82) is 0 Å². The lowest BCUT2D eigenvalue weighted by molar-refractivity contribution is 0.598. The van der Waals surface area contributed by atoms with Gasteiger partial charge >= 0.3 is 0 Å². The molecule has 1 aromatic heterocycles. The minimum absolute atomic E-state index is 0.00453. The SMILES string of the molecule is O=S(=O)(c1nnc(-c2ccccc2)s1)C(Br)Br. The lowest BCUT2D eigenvalue weighted by atomic mass is 10.2. The van der Waals surface area contributed by atoms with Crippen LogP contribution in [0.5, 0.6) is 0 Å². The number of alkyl halides is 2. The molecule has 0 radical (unpaired) electrons. The quantitative estimate of drug-likeness (QED) is 0.746. The molecule has 0 aliphatic rings. The molecule has 1 heterocycles. The Kier molecular flexibility index (Phi) is 3.96. The van der Waals surface area contributed by atoms with E-state index in [0.717, 1.165) is 16.9 Å². The lowest BCUT2D eigenvalue weighted by Gasteiger charge is -1.98. The van der Waals surface area contributed by atoms with Crippen molar-refractivity contribution in [3.63, 3.8) is 0 Å². The average Bonchev–Trinajstić information content (AvgIpc) is 2.80. The van der Waals surface area contributed by atoms with Gasteiger partial charge in [-0.3, -0.25) is 0 Å². The Balaban J connectivity index is 2.42. The molecule has 0 spiro atoms.